The molecule has 0 spiro atoms. The fourth-order valence-electron chi connectivity index (χ4n) is 6.06. The van der Waals surface area contributed by atoms with Gasteiger partial charge in [0.05, 0.1) is 5.48 Å². The largest absolute Gasteiger partial charge is 0.0776 e. The highest BCUT2D eigenvalue weighted by molar-refractivity contribution is 6.23. The molecule has 0 aliphatic heterocycles. The molecule has 0 saturated heterocycles. The summed E-state index contributed by atoms with van der Waals surface area (Å²) < 4.78 is 144. The van der Waals surface area contributed by atoms with Gasteiger partial charge in [-0.2, -0.15) is 0 Å². The third-order valence-electron chi connectivity index (χ3n) is 7.90. The van der Waals surface area contributed by atoms with Crippen LogP contribution in [0, 0.1) is 0 Å². The van der Waals surface area contributed by atoms with Gasteiger partial charge in [0.25, 0.3) is 0 Å². The number of fused-ring (bicyclic) bond motifs is 4. The van der Waals surface area contributed by atoms with E-state index in [0.717, 1.165) is 59.8 Å². The first-order valence-corrected chi connectivity index (χ1v) is 13.5. The van der Waals surface area contributed by atoms with Gasteiger partial charge in [0.15, 0.2) is 0 Å². The zero-order valence-corrected chi connectivity index (χ0v) is 24.7. The van der Waals surface area contributed by atoms with Crippen LogP contribution in [0.4, 0.5) is 0 Å². The number of rotatable bonds is 3. The van der Waals surface area contributed by atoms with Crippen molar-refractivity contribution in [2.45, 2.75) is 22.2 Å². The third kappa shape index (κ3) is 4.86. The van der Waals surface area contributed by atoms with Crippen molar-refractivity contribution < 1.29 is 36.3 Å². The maximum atomic E-state index is 9.31. The summed E-state index contributed by atoms with van der Waals surface area (Å²) in [5, 5.41) is 8.18. The molecule has 8 aromatic carbocycles. The van der Waals surface area contributed by atoms with Gasteiger partial charge >= 0.3 is 0 Å². The minimum atomic E-state index is -0.0395. The van der Waals surface area contributed by atoms with E-state index in [1.165, 1.54) is 22.2 Å². The molecule has 0 bridgehead atoms. The van der Waals surface area contributed by atoms with Crippen LogP contribution >= 0.6 is 0 Å². The second-order valence-corrected chi connectivity index (χ2v) is 10.2. The molecule has 0 atom stereocenters. The van der Waals surface area contributed by atoms with Crippen LogP contribution < -0.4 is 0 Å². The molecule has 0 heteroatoms. The van der Waals surface area contributed by atoms with Crippen LogP contribution in [0.25, 0.3) is 76.5 Å². The highest BCUT2D eigenvalue weighted by Crippen LogP contribution is 2.45. The third-order valence-corrected chi connectivity index (χ3v) is 7.90. The molecule has 0 radical (unpaired) electrons. The van der Waals surface area contributed by atoms with E-state index in [0.29, 0.717) is 16.7 Å². The van der Waals surface area contributed by atoms with Gasteiger partial charge in [-0.1, -0.05) is 174 Å². The Morgan fingerprint density at radius 3 is 1.49 bits per heavy atom. The number of hydrogen-bond acceptors (Lipinski definition) is 0. The van der Waals surface area contributed by atoms with Crippen LogP contribution in [0.3, 0.4) is 0 Å². The second kappa shape index (κ2) is 12.0. The van der Waals surface area contributed by atoms with Crippen LogP contribution in [0.15, 0.2) is 158 Å². The fraction of sp³-hybridized carbons (Fsp3) is 0.0698. The average molecular weight is 598 g/mol. The van der Waals surface area contributed by atoms with Crippen molar-refractivity contribution in [2.75, 3.05) is 0 Å². The van der Waals surface area contributed by atoms with E-state index in [2.05, 4.69) is 54.6 Å². The summed E-state index contributed by atoms with van der Waals surface area (Å²) >= 11 is 0. The Balaban J connectivity index is -0.000000484. The SMILES string of the molecule is [2H]C.[2H]C.[2H]C.[2H][2H].[2H][2H].[2H][2H].[2H][2H].[2H][2H].[2H][2H].[2H][2H].[2H][2H].[2H][2H].[2H]c1c([2H])c(-c2c3ccccc3c(-c3cccc4ccccc34)c3ccccc23)c([2H])c([2H])c1-c1ccc2ccccc2c1. The smallest absolute Gasteiger partial charge is 0.0629 e. The lowest BCUT2D eigenvalue weighted by Crippen LogP contribution is -1.91. The Morgan fingerprint density at radius 1 is 0.395 bits per heavy atom. The van der Waals surface area contributed by atoms with E-state index in [4.69, 9.17) is 33.6 Å². The molecule has 0 aromatic heterocycles. The molecule has 0 saturated carbocycles. The Kier molecular flexibility index (Phi) is 4.26. The summed E-state index contributed by atoms with van der Waals surface area (Å²) in [6.07, 6.45) is 0. The first kappa shape index (κ1) is 15.3. The summed E-state index contributed by atoms with van der Waals surface area (Å²) in [6.45, 7) is 0. The van der Waals surface area contributed by atoms with Gasteiger partial charge in [-0.15, -0.1) is 0 Å². The van der Waals surface area contributed by atoms with Crippen molar-refractivity contribution in [3.8, 4) is 33.4 Å². The van der Waals surface area contributed by atoms with Crippen molar-refractivity contribution >= 4 is 43.1 Å². The lowest BCUT2D eigenvalue weighted by molar-refractivity contribution is 1.63. The molecule has 0 aliphatic carbocycles. The van der Waals surface area contributed by atoms with E-state index in [1.54, 1.807) is 0 Å². The van der Waals surface area contributed by atoms with Crippen LogP contribution in [0.2, 0.25) is 0 Å². The molecule has 0 N–H and O–H groups in total. The van der Waals surface area contributed by atoms with Crippen LogP contribution in [-0.2, 0) is 0 Å². The zero-order chi connectivity index (χ0) is 53.9. The van der Waals surface area contributed by atoms with Gasteiger partial charge in [0.2, 0.25) is 0 Å². The first-order chi connectivity index (χ1) is 33.5. The molecule has 0 heterocycles. The zero-order valence-electron chi connectivity index (χ0n) is 49.7. The molecule has 0 amide bonds. The topological polar surface area (TPSA) is 0 Å². The Morgan fingerprint density at radius 2 is 0.860 bits per heavy atom. The molecule has 43 heavy (non-hydrogen) atoms. The summed E-state index contributed by atoms with van der Waals surface area (Å²) in [7, 11) is 3.75. The maximum Gasteiger partial charge on any atom is 0.0629 e. The monoisotopic (exact) mass is 598 g/mol. The molecule has 8 aromatic rings. The summed E-state index contributed by atoms with van der Waals surface area (Å²) in [5.74, 6) is 0. The number of benzene rings is 8. The predicted octanol–water partition coefficient (Wildman–Crippen LogP) is 15.4. The molecule has 0 nitrogen and oxygen atoms in total. The van der Waals surface area contributed by atoms with E-state index >= 15 is 0 Å². The molecule has 0 aliphatic rings. The highest BCUT2D eigenvalue weighted by Gasteiger charge is 2.17. The summed E-state index contributed by atoms with van der Waals surface area (Å²) in [5.41, 5.74) is 4.25. The van der Waals surface area contributed by atoms with E-state index in [9.17, 15) is 2.74 Å². The van der Waals surface area contributed by atoms with Gasteiger partial charge in [-0.05, 0) is 82.5 Å². The van der Waals surface area contributed by atoms with Crippen molar-refractivity contribution in [1.29, 1.82) is 0 Å². The minimum absolute atomic E-state index is 0.0393. The Hall–Kier alpha value is -5.20. The van der Waals surface area contributed by atoms with Gasteiger partial charge in [0, 0.05) is 30.8 Å². The average Bonchev–Trinajstić information content (AvgIpc) is 3.46. The quantitative estimate of drug-likeness (QED) is 0.178. The van der Waals surface area contributed by atoms with Gasteiger partial charge in [-0.3, -0.25) is 0 Å². The lowest BCUT2D eigenvalue weighted by Gasteiger charge is -2.19. The first-order valence-electron chi connectivity index (χ1n) is 27.5. The number of hydrogen-bond donors (Lipinski definition) is 0. The minimum Gasteiger partial charge on any atom is -0.0776 e. The highest BCUT2D eigenvalue weighted by atomic mass is 14.2. The normalized spacial score (nSPS) is 14.2. The van der Waals surface area contributed by atoms with Crippen LogP contribution in [0.5, 0.6) is 0 Å². The van der Waals surface area contributed by atoms with Gasteiger partial charge in [-0.25, -0.2) is 0 Å². The Bertz CT molecular complexity index is 2390. The van der Waals surface area contributed by atoms with Gasteiger partial charge < -0.3 is 0 Å². The van der Waals surface area contributed by atoms with Crippen molar-refractivity contribution in [2.24, 2.45) is 0 Å². The predicted molar refractivity (Wildman–Crippen MR) is 212 cm³/mol. The summed E-state index contributed by atoms with van der Waals surface area (Å²) in [4.78, 5) is 0. The van der Waals surface area contributed by atoms with E-state index in [-0.39, 0.29) is 24.2 Å². The maximum absolute atomic E-state index is 9.31. The molecule has 0 unspecified atom stereocenters. The standard InChI is InChI=1S/C40H26.3CH4.9H2/c1-2-12-31-26-32(25-22-27(31)10-1)28-20-23-30(24-21-28)39-35-15-5-7-17-37(35)40(38-18-8-6-16-36(38)39)34-19-9-13-29-11-3-4-14-33(29)34;;;;;;;;;;;;/h1-26H;3*1H4;9*1H/i20D,21D,23D,24D;3*1D;9*1+1D. The molecule has 228 valence electrons. The van der Waals surface area contributed by atoms with Crippen LogP contribution in [0.1, 0.15) is 58.5 Å². The van der Waals surface area contributed by atoms with Crippen LogP contribution in [-0.4, -0.2) is 0 Å². The van der Waals surface area contributed by atoms with Crippen molar-refractivity contribution in [1.82, 2.24) is 0 Å². The van der Waals surface area contributed by atoms with Crippen molar-refractivity contribution in [3.05, 3.63) is 158 Å². The van der Waals surface area contributed by atoms with Crippen molar-refractivity contribution in [3.63, 3.8) is 0 Å². The molecular formula is C43H56. The molecular weight excluding hydrogens is 516 g/mol. The van der Waals surface area contributed by atoms with Gasteiger partial charge in [0.1, 0.15) is 0 Å². The van der Waals surface area contributed by atoms with E-state index in [1.807, 2.05) is 78.9 Å². The Labute approximate surface area is 293 Å². The molecule has 0 fully saturated rings. The summed E-state index contributed by atoms with van der Waals surface area (Å²) in [6, 6.07) is 44.6. The molecule has 8 rings (SSSR count). The fourth-order valence-corrected chi connectivity index (χ4v) is 6.06. The lowest BCUT2D eigenvalue weighted by atomic mass is 9.84. The second-order valence-electron chi connectivity index (χ2n) is 10.2. The van der Waals surface area contributed by atoms with E-state index < -0.39 is 0 Å².